The van der Waals surface area contributed by atoms with E-state index in [4.69, 9.17) is 21.3 Å². The molecule has 1 N–H and O–H groups in total. The lowest BCUT2D eigenvalue weighted by Crippen LogP contribution is -2.36. The lowest BCUT2D eigenvalue weighted by Gasteiger charge is -2.30. The molecule has 1 aromatic heterocycles. The number of carbonyl (C=O) groups excluding carboxylic acids is 1. The Hall–Kier alpha value is -1.83. The highest BCUT2D eigenvalue weighted by Crippen LogP contribution is 2.43. The summed E-state index contributed by atoms with van der Waals surface area (Å²) in [6, 6.07) is 3.62. The Morgan fingerprint density at radius 3 is 2.89 bits per heavy atom. The first-order chi connectivity index (χ1) is 13.0. The number of thiazole rings is 1. The van der Waals surface area contributed by atoms with E-state index in [0.717, 1.165) is 42.6 Å². The quantitative estimate of drug-likeness (QED) is 0.751. The summed E-state index contributed by atoms with van der Waals surface area (Å²) in [5.41, 5.74) is 2.33. The van der Waals surface area contributed by atoms with Gasteiger partial charge in [-0.05, 0) is 25.2 Å². The van der Waals surface area contributed by atoms with Gasteiger partial charge >= 0.3 is 0 Å². The highest BCUT2D eigenvalue weighted by atomic mass is 35.5. The number of nitrogens with zero attached hydrogens (tertiary/aromatic N) is 3. The number of hydrogen-bond donors (Lipinski definition) is 1. The van der Waals surface area contributed by atoms with Crippen LogP contribution in [-0.2, 0) is 4.79 Å². The number of likely N-dealkylation sites (N-methyl/N-ethyl adjacent to an activating group) is 1. The zero-order valence-electron chi connectivity index (χ0n) is 15.9. The number of rotatable bonds is 7. The molecular formula is C19H25ClN4O2S. The van der Waals surface area contributed by atoms with Crippen molar-refractivity contribution >= 4 is 39.7 Å². The summed E-state index contributed by atoms with van der Waals surface area (Å²) >= 11 is 7.87. The van der Waals surface area contributed by atoms with Gasteiger partial charge in [0, 0.05) is 36.0 Å². The summed E-state index contributed by atoms with van der Waals surface area (Å²) in [6.07, 6.45) is 0. The summed E-state index contributed by atoms with van der Waals surface area (Å²) < 4.78 is 5.88. The van der Waals surface area contributed by atoms with E-state index in [2.05, 4.69) is 24.1 Å². The van der Waals surface area contributed by atoms with Crippen LogP contribution in [0.15, 0.2) is 17.5 Å². The predicted octanol–water partition coefficient (Wildman–Crippen LogP) is 3.96. The van der Waals surface area contributed by atoms with Crippen molar-refractivity contribution in [2.45, 2.75) is 20.8 Å². The van der Waals surface area contributed by atoms with Crippen molar-refractivity contribution in [2.24, 2.45) is 0 Å². The van der Waals surface area contributed by atoms with Gasteiger partial charge in [0.1, 0.15) is 6.61 Å². The van der Waals surface area contributed by atoms with Crippen molar-refractivity contribution < 1.29 is 9.53 Å². The molecule has 1 aliphatic heterocycles. The van der Waals surface area contributed by atoms with E-state index >= 15 is 0 Å². The van der Waals surface area contributed by atoms with Crippen LogP contribution >= 0.6 is 22.9 Å². The van der Waals surface area contributed by atoms with Crippen LogP contribution in [0, 0.1) is 0 Å². The lowest BCUT2D eigenvalue weighted by molar-refractivity contribution is -0.116. The molecule has 27 heavy (non-hydrogen) atoms. The fraction of sp³-hybridized carbons (Fsp3) is 0.474. The SMILES string of the molecule is CCN(CC)CCNc1nc(-c2cc(Cl)cc3c2OCCN3C(C)=O)cs1. The highest BCUT2D eigenvalue weighted by Gasteiger charge is 2.26. The van der Waals surface area contributed by atoms with Gasteiger partial charge in [-0.25, -0.2) is 4.98 Å². The van der Waals surface area contributed by atoms with Gasteiger partial charge in [-0.15, -0.1) is 11.3 Å². The number of nitrogens with one attached hydrogen (secondary N) is 1. The second kappa shape index (κ2) is 8.91. The molecule has 0 radical (unpaired) electrons. The Kier molecular flexibility index (Phi) is 6.57. The first kappa shape index (κ1) is 19.9. The molecule has 146 valence electrons. The molecule has 1 amide bonds. The van der Waals surface area contributed by atoms with Crippen molar-refractivity contribution in [1.29, 1.82) is 0 Å². The monoisotopic (exact) mass is 408 g/mol. The van der Waals surface area contributed by atoms with Crippen LogP contribution in [0.4, 0.5) is 10.8 Å². The molecule has 0 saturated carbocycles. The van der Waals surface area contributed by atoms with Crippen molar-refractivity contribution in [1.82, 2.24) is 9.88 Å². The minimum atomic E-state index is -0.0233. The molecule has 2 aromatic rings. The van der Waals surface area contributed by atoms with Gasteiger partial charge < -0.3 is 19.9 Å². The minimum absolute atomic E-state index is 0.0233. The van der Waals surface area contributed by atoms with E-state index in [1.54, 1.807) is 29.2 Å². The zero-order chi connectivity index (χ0) is 19.4. The highest BCUT2D eigenvalue weighted by molar-refractivity contribution is 7.14. The molecule has 2 heterocycles. The van der Waals surface area contributed by atoms with Crippen molar-refractivity contribution in [3.05, 3.63) is 22.5 Å². The maximum atomic E-state index is 11.9. The maximum absolute atomic E-state index is 11.9. The second-order valence-corrected chi connectivity index (χ2v) is 7.61. The third kappa shape index (κ3) is 4.54. The number of hydrogen-bond acceptors (Lipinski definition) is 6. The number of fused-ring (bicyclic) bond motifs is 1. The summed E-state index contributed by atoms with van der Waals surface area (Å²) in [4.78, 5) is 20.7. The fourth-order valence-corrected chi connectivity index (χ4v) is 4.10. The Morgan fingerprint density at radius 1 is 1.41 bits per heavy atom. The molecule has 0 atom stereocenters. The van der Waals surface area contributed by atoms with Crippen LogP contribution < -0.4 is 15.0 Å². The smallest absolute Gasteiger partial charge is 0.224 e. The van der Waals surface area contributed by atoms with E-state index in [9.17, 15) is 4.79 Å². The average Bonchev–Trinajstić information content (AvgIpc) is 3.12. The number of anilines is 2. The molecular weight excluding hydrogens is 384 g/mol. The molecule has 3 rings (SSSR count). The van der Waals surface area contributed by atoms with Crippen LogP contribution in [0.3, 0.4) is 0 Å². The normalized spacial score (nSPS) is 13.4. The first-order valence-electron chi connectivity index (χ1n) is 9.20. The Balaban J connectivity index is 1.81. The van der Waals surface area contributed by atoms with Crippen molar-refractivity contribution in [2.75, 3.05) is 49.5 Å². The summed E-state index contributed by atoms with van der Waals surface area (Å²) in [7, 11) is 0. The van der Waals surface area contributed by atoms with Gasteiger partial charge in [-0.1, -0.05) is 25.4 Å². The largest absolute Gasteiger partial charge is 0.489 e. The van der Waals surface area contributed by atoms with Gasteiger partial charge in [0.25, 0.3) is 0 Å². The Bertz CT molecular complexity index is 807. The standard InChI is InChI=1S/C19H25ClN4O2S/c1-4-23(5-2)7-6-21-19-22-16(12-27-19)15-10-14(20)11-17-18(15)26-9-8-24(17)13(3)25/h10-12H,4-9H2,1-3H3,(H,21,22). The molecule has 0 unspecified atom stereocenters. The average molecular weight is 409 g/mol. The molecule has 8 heteroatoms. The number of aromatic nitrogens is 1. The minimum Gasteiger partial charge on any atom is -0.489 e. The Labute approximate surface area is 169 Å². The second-order valence-electron chi connectivity index (χ2n) is 6.31. The molecule has 0 spiro atoms. The third-order valence-corrected chi connectivity index (χ3v) is 5.66. The van der Waals surface area contributed by atoms with Crippen LogP contribution in [0.25, 0.3) is 11.3 Å². The number of halogens is 1. The van der Waals surface area contributed by atoms with Crippen LogP contribution in [0.5, 0.6) is 5.75 Å². The molecule has 1 aliphatic rings. The summed E-state index contributed by atoms with van der Waals surface area (Å²) in [6.45, 7) is 10.8. The molecule has 0 aliphatic carbocycles. The predicted molar refractivity (Wildman–Crippen MR) is 112 cm³/mol. The number of benzene rings is 1. The lowest BCUT2D eigenvalue weighted by atomic mass is 10.1. The van der Waals surface area contributed by atoms with Gasteiger partial charge in [0.05, 0.1) is 17.9 Å². The fourth-order valence-electron chi connectivity index (χ4n) is 3.15. The van der Waals surface area contributed by atoms with Crippen molar-refractivity contribution in [3.63, 3.8) is 0 Å². The Morgan fingerprint density at radius 2 is 2.19 bits per heavy atom. The van der Waals surface area contributed by atoms with E-state index < -0.39 is 0 Å². The van der Waals surface area contributed by atoms with Crippen LogP contribution in [-0.4, -0.2) is 55.1 Å². The molecule has 0 saturated heterocycles. The molecule has 1 aromatic carbocycles. The number of carbonyl (C=O) groups is 1. The van der Waals surface area contributed by atoms with Gasteiger partial charge in [0.2, 0.25) is 5.91 Å². The van der Waals surface area contributed by atoms with Crippen LogP contribution in [0.1, 0.15) is 20.8 Å². The summed E-state index contributed by atoms with van der Waals surface area (Å²) in [5.74, 6) is 0.644. The van der Waals surface area contributed by atoms with Gasteiger partial charge in [-0.3, -0.25) is 4.79 Å². The number of ether oxygens (including phenoxy) is 1. The van der Waals surface area contributed by atoms with Gasteiger partial charge in [0.15, 0.2) is 10.9 Å². The maximum Gasteiger partial charge on any atom is 0.224 e. The van der Waals surface area contributed by atoms with E-state index in [1.165, 1.54) is 0 Å². The van der Waals surface area contributed by atoms with E-state index in [-0.39, 0.29) is 5.91 Å². The molecule has 6 nitrogen and oxygen atoms in total. The van der Waals surface area contributed by atoms with E-state index in [0.29, 0.717) is 29.6 Å². The van der Waals surface area contributed by atoms with Crippen LogP contribution in [0.2, 0.25) is 5.02 Å². The van der Waals surface area contributed by atoms with Gasteiger partial charge in [-0.2, -0.15) is 0 Å². The topological polar surface area (TPSA) is 57.7 Å². The zero-order valence-corrected chi connectivity index (χ0v) is 17.5. The van der Waals surface area contributed by atoms with Crippen molar-refractivity contribution in [3.8, 4) is 17.0 Å². The summed E-state index contributed by atoms with van der Waals surface area (Å²) in [5, 5.41) is 6.80. The third-order valence-electron chi connectivity index (χ3n) is 4.65. The molecule has 0 fully saturated rings. The number of amides is 1. The molecule has 0 bridgehead atoms. The van der Waals surface area contributed by atoms with E-state index in [1.807, 2.05) is 11.4 Å². The first-order valence-corrected chi connectivity index (χ1v) is 10.5.